The molecule has 15 atom stereocenters. The van der Waals surface area contributed by atoms with Crippen LogP contribution in [0.3, 0.4) is 0 Å². The van der Waals surface area contributed by atoms with E-state index in [0.29, 0.717) is 32.1 Å². The highest BCUT2D eigenvalue weighted by Crippen LogP contribution is 2.64. The number of hydrogen-bond donors (Lipinski definition) is 2. The van der Waals surface area contributed by atoms with E-state index in [-0.39, 0.29) is 65.8 Å². The lowest BCUT2D eigenvalue weighted by Crippen LogP contribution is -2.40. The van der Waals surface area contributed by atoms with Gasteiger partial charge < -0.3 is 38.6 Å². The Hall–Kier alpha value is -5.26. The maximum absolute atomic E-state index is 11.9. The number of carboxylic acids is 1. The van der Waals surface area contributed by atoms with Crippen LogP contribution in [0.15, 0.2) is 24.3 Å². The molecule has 22 heteroatoms. The van der Waals surface area contributed by atoms with Crippen molar-refractivity contribution in [1.82, 2.24) is 0 Å². The molecule has 9 rings (SSSR count). The lowest BCUT2D eigenvalue weighted by molar-refractivity contribution is -0.168. The van der Waals surface area contributed by atoms with Crippen molar-refractivity contribution in [2.75, 3.05) is 18.4 Å². The van der Waals surface area contributed by atoms with Crippen molar-refractivity contribution >= 4 is 81.8 Å². The summed E-state index contributed by atoms with van der Waals surface area (Å²) in [5.41, 5.74) is -2.59. The Kier molecular flexibility index (Phi) is 15.9. The molecule has 19 nitrogen and oxygen atoms in total. The van der Waals surface area contributed by atoms with Crippen LogP contribution in [0.25, 0.3) is 0 Å². The fourth-order valence-electron chi connectivity index (χ4n) is 10.3. The van der Waals surface area contributed by atoms with Gasteiger partial charge in [0.15, 0.2) is 22.9 Å². The largest absolute Gasteiger partial charge is 0.478 e. The smallest absolute Gasteiger partial charge is 0.344 e. The Labute approximate surface area is 382 Å². The Morgan fingerprint density at radius 1 is 0.703 bits per heavy atom. The van der Waals surface area contributed by atoms with Gasteiger partial charge in [0.05, 0.1) is 30.2 Å². The van der Waals surface area contributed by atoms with Gasteiger partial charge >= 0.3 is 41.8 Å². The third-order valence-corrected chi connectivity index (χ3v) is 13.8. The minimum atomic E-state index is -1.06. The third kappa shape index (κ3) is 9.03. The summed E-state index contributed by atoms with van der Waals surface area (Å²) in [4.78, 5) is 88.3. The van der Waals surface area contributed by atoms with E-state index in [9.17, 15) is 54.0 Å². The van der Waals surface area contributed by atoms with Gasteiger partial charge in [0.2, 0.25) is 5.24 Å². The van der Waals surface area contributed by atoms with Crippen LogP contribution in [0.5, 0.6) is 0 Å². The number of nitrogens with zero attached hydrogens (tertiary/aromatic N) is 3. The van der Waals surface area contributed by atoms with Crippen LogP contribution in [0.1, 0.15) is 59.8 Å². The number of hydrogen-bond acceptors (Lipinski definition) is 18. The van der Waals surface area contributed by atoms with Gasteiger partial charge in [-0.2, -0.15) is 15.8 Å². The standard InChI is InChI=1S/C15H15NO6.C11H10ClNO4.C9H9NO3.C4H6O2.C2H2Cl2O.CH4/c1-7(2)13(18)20-5-10(17)21-11-8-3-9-12(11)22-14(19)15(9,4-8)6-16;12-3-7(14)16-8-5-1-6-9(8)17-10(15)11(6,2-5)4-13;10-3-9-2-4-1-5(9)7(6(4)11)13-8(9)12;1-3(2)4(5)6;3-1-2(4)5;/h8-9,11-12H,1,3-5H2,2H3;5-6,8-9H,1-3H2;4-7,11H,1-2H2;1H2,2H3,(H,5,6);1H2;1H4. The zero-order valence-corrected chi connectivity index (χ0v) is 36.1. The van der Waals surface area contributed by atoms with Crippen molar-refractivity contribution < 1.29 is 77.0 Å². The monoisotopic (exact) mass is 953 g/mol. The van der Waals surface area contributed by atoms with Gasteiger partial charge in [-0.3, -0.25) is 24.0 Å². The SMILES string of the molecule is C.C=C(C)C(=O)O.C=C(C)C(=O)OCC(=O)OC1C2CC3C1OC(=O)C3(C#N)C2.N#CC12CC3CC1C(OC2=O)C3O.N#CC12CC3CC1C(OC2=O)C3OC(=O)CCl.O=C(Cl)CCl. The molecule has 15 unspecified atom stereocenters. The predicted molar refractivity (Wildman–Crippen MR) is 215 cm³/mol. The molecule has 3 saturated heterocycles. The van der Waals surface area contributed by atoms with E-state index >= 15 is 0 Å². The summed E-state index contributed by atoms with van der Waals surface area (Å²) >= 11 is 14.9. The highest BCUT2D eigenvalue weighted by Gasteiger charge is 2.74. The molecule has 6 saturated carbocycles. The molecule has 6 bridgehead atoms. The zero-order chi connectivity index (χ0) is 46.9. The summed E-state index contributed by atoms with van der Waals surface area (Å²) in [6.45, 7) is 8.98. The van der Waals surface area contributed by atoms with E-state index in [0.717, 1.165) is 6.42 Å². The first-order valence-electron chi connectivity index (χ1n) is 19.6. The number of carbonyl (C=O) groups is 8. The molecule has 9 aliphatic rings. The van der Waals surface area contributed by atoms with Crippen molar-refractivity contribution in [2.45, 2.75) is 96.4 Å². The second-order valence-electron chi connectivity index (χ2n) is 16.7. The van der Waals surface area contributed by atoms with Crippen LogP contribution in [0, 0.1) is 85.7 Å². The number of nitriles is 3. The topological polar surface area (TPSA) is 304 Å². The van der Waals surface area contributed by atoms with Crippen molar-refractivity contribution in [1.29, 1.82) is 15.8 Å². The van der Waals surface area contributed by atoms with Gasteiger partial charge in [0, 0.05) is 40.7 Å². The van der Waals surface area contributed by atoms with Gasteiger partial charge in [0.25, 0.3) is 0 Å². The maximum Gasteiger partial charge on any atom is 0.344 e. The Balaban J connectivity index is 0.000000191. The summed E-state index contributed by atoms with van der Waals surface area (Å²) in [5, 5.41) is 44.5. The molecule has 9 fully saturated rings. The normalized spacial score (nSPS) is 37.7. The van der Waals surface area contributed by atoms with E-state index in [1.165, 1.54) is 13.8 Å². The third-order valence-electron chi connectivity index (χ3n) is 13.1. The molecule has 64 heavy (non-hydrogen) atoms. The van der Waals surface area contributed by atoms with Gasteiger partial charge in [-0.15, -0.1) is 23.2 Å². The van der Waals surface area contributed by atoms with E-state index in [1.54, 1.807) is 0 Å². The van der Waals surface area contributed by atoms with E-state index in [1.807, 2.05) is 0 Å². The number of carboxylic acid groups (broad SMARTS) is 1. The van der Waals surface area contributed by atoms with Crippen LogP contribution < -0.4 is 0 Å². The average Bonchev–Trinajstić information content (AvgIpc) is 4.13. The molecule has 0 amide bonds. The average molecular weight is 955 g/mol. The van der Waals surface area contributed by atoms with Crippen LogP contribution in [-0.2, 0) is 66.8 Å². The fraction of sp³-hybridized carbons (Fsp3) is 0.643. The number of carbonyl (C=O) groups excluding carboxylic acids is 7. The van der Waals surface area contributed by atoms with Crippen LogP contribution in [0.2, 0.25) is 0 Å². The first kappa shape index (κ1) is 51.4. The molecule has 0 radical (unpaired) electrons. The summed E-state index contributed by atoms with van der Waals surface area (Å²) in [6.07, 6.45) is 0.473. The van der Waals surface area contributed by atoms with E-state index in [4.69, 9.17) is 73.6 Å². The molecule has 3 heterocycles. The van der Waals surface area contributed by atoms with E-state index < -0.39 is 107 Å². The molecule has 0 aromatic carbocycles. The van der Waals surface area contributed by atoms with Gasteiger partial charge in [-0.05, 0) is 69.9 Å². The van der Waals surface area contributed by atoms with Crippen molar-refractivity contribution in [3.63, 3.8) is 0 Å². The van der Waals surface area contributed by atoms with Crippen LogP contribution in [0.4, 0.5) is 0 Å². The number of ether oxygens (including phenoxy) is 6. The summed E-state index contributed by atoms with van der Waals surface area (Å²) in [5.74, 6) is -4.81. The van der Waals surface area contributed by atoms with E-state index in [2.05, 4.69) is 31.4 Å². The van der Waals surface area contributed by atoms with Crippen molar-refractivity contribution in [3.05, 3.63) is 24.3 Å². The molecule has 0 aromatic heterocycles. The minimum Gasteiger partial charge on any atom is -0.478 e. The van der Waals surface area contributed by atoms with Gasteiger partial charge in [-0.25, -0.2) is 14.4 Å². The van der Waals surface area contributed by atoms with Gasteiger partial charge in [0.1, 0.15) is 36.4 Å². The Morgan fingerprint density at radius 2 is 1.06 bits per heavy atom. The second-order valence-corrected chi connectivity index (χ2v) is 17.7. The first-order chi connectivity index (χ1) is 29.6. The first-order valence-corrected chi connectivity index (χ1v) is 21.0. The Bertz CT molecular complexity index is 2120. The maximum atomic E-state index is 11.9. The summed E-state index contributed by atoms with van der Waals surface area (Å²) in [6, 6.07) is 6.26. The molecule has 3 aliphatic heterocycles. The second kappa shape index (κ2) is 19.9. The number of halogens is 3. The zero-order valence-electron chi connectivity index (χ0n) is 33.8. The molecular weight excluding hydrogens is 909 g/mol. The van der Waals surface area contributed by atoms with Crippen molar-refractivity contribution in [3.8, 4) is 18.2 Å². The number of fused-ring (bicyclic) bond motifs is 3. The molecular formula is C42H46Cl3N3O16. The highest BCUT2D eigenvalue weighted by molar-refractivity contribution is 6.67. The van der Waals surface area contributed by atoms with Crippen molar-refractivity contribution in [2.24, 2.45) is 51.8 Å². The molecule has 346 valence electrons. The highest BCUT2D eigenvalue weighted by atomic mass is 35.5. The van der Waals surface area contributed by atoms with Crippen LogP contribution in [-0.4, -0.2) is 112 Å². The molecule has 0 spiro atoms. The molecule has 6 aliphatic carbocycles. The lowest BCUT2D eigenvalue weighted by atomic mass is 9.75. The summed E-state index contributed by atoms with van der Waals surface area (Å²) in [7, 11) is 0. The summed E-state index contributed by atoms with van der Waals surface area (Å²) < 4.78 is 30.7. The fourth-order valence-corrected chi connectivity index (χ4v) is 10.4. The minimum absolute atomic E-state index is 0. The number of rotatable bonds is 8. The Morgan fingerprint density at radius 3 is 1.41 bits per heavy atom. The van der Waals surface area contributed by atoms with Crippen LogP contribution >= 0.6 is 34.8 Å². The number of aliphatic hydroxyl groups excluding tert-OH is 1. The number of aliphatic carboxylic acids is 1. The predicted octanol–water partition coefficient (Wildman–Crippen LogP) is 3.20. The molecule has 0 aromatic rings. The van der Waals surface area contributed by atoms with Gasteiger partial charge in [-0.1, -0.05) is 20.6 Å². The quantitative estimate of drug-likeness (QED) is 0.116. The number of alkyl halides is 2. The lowest BCUT2D eigenvalue weighted by Gasteiger charge is -2.27. The number of esters is 6. The number of aliphatic hydroxyl groups is 1. The molecule has 2 N–H and O–H groups in total.